The maximum Gasteiger partial charge on any atom is 0.131 e. The van der Waals surface area contributed by atoms with Crippen LogP contribution < -0.4 is 0 Å². The molecule has 4 nitrogen and oxygen atoms in total. The smallest absolute Gasteiger partial charge is 0.131 e. The first kappa shape index (κ1) is 13.0. The third-order valence-corrected chi connectivity index (χ3v) is 6.41. The molecule has 1 aliphatic heterocycles. The Balaban J connectivity index is 1.98. The van der Waals surface area contributed by atoms with Crippen LogP contribution in [0, 0.1) is 17.3 Å². The lowest BCUT2D eigenvalue weighted by Gasteiger charge is -2.40. The zero-order valence-electron chi connectivity index (χ0n) is 12.5. The van der Waals surface area contributed by atoms with Crippen molar-refractivity contribution in [3.05, 3.63) is 35.9 Å². The van der Waals surface area contributed by atoms with E-state index in [1.807, 2.05) is 6.07 Å². The van der Waals surface area contributed by atoms with Gasteiger partial charge in [0.25, 0.3) is 0 Å². The van der Waals surface area contributed by atoms with Crippen molar-refractivity contribution in [3.8, 4) is 0 Å². The number of benzene rings is 1. The van der Waals surface area contributed by atoms with Crippen molar-refractivity contribution in [1.29, 1.82) is 0 Å². The van der Waals surface area contributed by atoms with Gasteiger partial charge in [0, 0.05) is 5.41 Å². The summed E-state index contributed by atoms with van der Waals surface area (Å²) in [6.45, 7) is 4.47. The molecule has 0 radical (unpaired) electrons. The molecule has 1 aromatic carbocycles. The number of hydrogen-bond donors (Lipinski definition) is 1. The van der Waals surface area contributed by atoms with Crippen LogP contribution in [0.5, 0.6) is 0 Å². The molecule has 1 heterocycles. The summed E-state index contributed by atoms with van der Waals surface area (Å²) in [5.74, 6) is 0.923. The van der Waals surface area contributed by atoms with E-state index in [4.69, 9.17) is 5.11 Å². The highest BCUT2D eigenvalue weighted by atomic mass is 16.4. The Morgan fingerprint density at radius 1 is 1.14 bits per heavy atom. The molecular formula is C17H21N3O. The van der Waals surface area contributed by atoms with Gasteiger partial charge in [0.15, 0.2) is 0 Å². The van der Waals surface area contributed by atoms with E-state index in [9.17, 15) is 5.21 Å². The largest absolute Gasteiger partial charge is 0.411 e. The molecule has 1 N–H and O–H groups in total. The molecule has 0 spiro atoms. The Kier molecular flexibility index (Phi) is 2.43. The van der Waals surface area contributed by atoms with Gasteiger partial charge in [-0.2, -0.15) is 10.2 Å². The SMILES string of the molecule is CC1(C)C2(/C=N\O)N=NC1(c1ccccc1)C1CCCC12. The third-order valence-electron chi connectivity index (χ3n) is 6.41. The van der Waals surface area contributed by atoms with Crippen molar-refractivity contribution in [2.45, 2.75) is 44.2 Å². The first-order chi connectivity index (χ1) is 10.1. The molecule has 2 aliphatic carbocycles. The van der Waals surface area contributed by atoms with Gasteiger partial charge < -0.3 is 5.21 Å². The van der Waals surface area contributed by atoms with Gasteiger partial charge in [-0.1, -0.05) is 55.8 Å². The van der Waals surface area contributed by atoms with Gasteiger partial charge in [-0.25, -0.2) is 0 Å². The van der Waals surface area contributed by atoms with E-state index in [1.54, 1.807) is 6.21 Å². The minimum Gasteiger partial charge on any atom is -0.411 e. The monoisotopic (exact) mass is 283 g/mol. The standard InChI is InChI=1S/C17H21N3O/c1-15(2)16(11-18-21)13-9-6-10-14(13)17(15,20-19-16)12-7-4-3-5-8-12/h3-5,7-8,11,13-14,21H,6,9-10H2,1-2H3/b18-11-. The Bertz CT molecular complexity index is 624. The topological polar surface area (TPSA) is 57.3 Å². The van der Waals surface area contributed by atoms with E-state index in [-0.39, 0.29) is 11.0 Å². The Morgan fingerprint density at radius 3 is 2.57 bits per heavy atom. The zero-order valence-corrected chi connectivity index (χ0v) is 12.5. The minimum atomic E-state index is -0.460. The predicted octanol–water partition coefficient (Wildman–Crippen LogP) is 4.00. The lowest BCUT2D eigenvalue weighted by molar-refractivity contribution is 0.170. The molecular weight excluding hydrogens is 262 g/mol. The lowest BCUT2D eigenvalue weighted by atomic mass is 9.63. The van der Waals surface area contributed by atoms with Crippen molar-refractivity contribution in [1.82, 2.24) is 0 Å². The number of hydrogen-bond acceptors (Lipinski definition) is 4. The highest BCUT2D eigenvalue weighted by molar-refractivity contribution is 5.75. The van der Waals surface area contributed by atoms with E-state index in [2.05, 4.69) is 48.4 Å². The highest BCUT2D eigenvalue weighted by Crippen LogP contribution is 2.73. The molecule has 110 valence electrons. The first-order valence-corrected chi connectivity index (χ1v) is 7.78. The van der Waals surface area contributed by atoms with Crippen LogP contribution in [0.2, 0.25) is 0 Å². The van der Waals surface area contributed by atoms with Gasteiger partial charge in [-0.15, -0.1) is 0 Å². The minimum absolute atomic E-state index is 0.177. The van der Waals surface area contributed by atoms with Crippen molar-refractivity contribution in [2.75, 3.05) is 0 Å². The maximum atomic E-state index is 9.22. The molecule has 2 saturated carbocycles. The summed E-state index contributed by atoms with van der Waals surface area (Å²) < 4.78 is 0. The van der Waals surface area contributed by atoms with Crippen LogP contribution in [-0.2, 0) is 5.54 Å². The molecule has 4 atom stereocenters. The Hall–Kier alpha value is -1.71. The van der Waals surface area contributed by atoms with Gasteiger partial charge in [-0.05, 0) is 30.2 Å². The van der Waals surface area contributed by atoms with Crippen LogP contribution in [0.1, 0.15) is 38.7 Å². The fraction of sp³-hybridized carbons (Fsp3) is 0.588. The number of oxime groups is 1. The van der Waals surface area contributed by atoms with Crippen molar-refractivity contribution in [3.63, 3.8) is 0 Å². The molecule has 1 aromatic rings. The molecule has 4 heteroatoms. The van der Waals surface area contributed by atoms with Gasteiger partial charge in [-0.3, -0.25) is 0 Å². The van der Waals surface area contributed by atoms with Crippen LogP contribution in [0.4, 0.5) is 0 Å². The fourth-order valence-corrected chi connectivity index (χ4v) is 5.47. The highest BCUT2D eigenvalue weighted by Gasteiger charge is 2.77. The van der Waals surface area contributed by atoms with Gasteiger partial charge in [0.2, 0.25) is 0 Å². The summed E-state index contributed by atoms with van der Waals surface area (Å²) in [5, 5.41) is 22.1. The molecule has 2 bridgehead atoms. The second-order valence-corrected chi connectivity index (χ2v) is 7.17. The average molecular weight is 283 g/mol. The number of azo groups is 1. The van der Waals surface area contributed by atoms with E-state index in [0.717, 1.165) is 6.42 Å². The summed E-state index contributed by atoms with van der Waals surface area (Å²) in [7, 11) is 0. The molecule has 4 unspecified atom stereocenters. The van der Waals surface area contributed by atoms with Crippen LogP contribution in [-0.4, -0.2) is 17.0 Å². The van der Waals surface area contributed by atoms with Crippen LogP contribution in [0.15, 0.2) is 45.7 Å². The molecule has 0 amide bonds. The Morgan fingerprint density at radius 2 is 1.86 bits per heavy atom. The maximum absolute atomic E-state index is 9.22. The van der Waals surface area contributed by atoms with Gasteiger partial charge in [0.05, 0.1) is 6.21 Å². The summed E-state index contributed by atoms with van der Waals surface area (Å²) in [4.78, 5) is 0. The summed E-state index contributed by atoms with van der Waals surface area (Å²) >= 11 is 0. The molecule has 21 heavy (non-hydrogen) atoms. The Labute approximate surface area is 125 Å². The van der Waals surface area contributed by atoms with Crippen LogP contribution in [0.3, 0.4) is 0 Å². The van der Waals surface area contributed by atoms with Crippen molar-refractivity contribution >= 4 is 6.21 Å². The predicted molar refractivity (Wildman–Crippen MR) is 80.6 cm³/mol. The quantitative estimate of drug-likeness (QED) is 0.498. The van der Waals surface area contributed by atoms with E-state index in [1.165, 1.54) is 18.4 Å². The summed E-state index contributed by atoms with van der Waals surface area (Å²) in [6, 6.07) is 10.6. The molecule has 3 aliphatic rings. The van der Waals surface area contributed by atoms with Gasteiger partial charge in [0.1, 0.15) is 11.1 Å². The first-order valence-electron chi connectivity index (χ1n) is 7.78. The normalized spacial score (nSPS) is 42.8. The van der Waals surface area contributed by atoms with Crippen molar-refractivity contribution in [2.24, 2.45) is 32.6 Å². The number of rotatable bonds is 2. The van der Waals surface area contributed by atoms with Crippen molar-refractivity contribution < 1.29 is 5.21 Å². The molecule has 4 rings (SSSR count). The number of nitrogens with zero attached hydrogens (tertiary/aromatic N) is 3. The fourth-order valence-electron chi connectivity index (χ4n) is 5.47. The van der Waals surface area contributed by atoms with E-state index < -0.39 is 5.54 Å². The van der Waals surface area contributed by atoms with E-state index in [0.29, 0.717) is 11.8 Å². The molecule has 0 saturated heterocycles. The second kappa shape index (κ2) is 3.93. The average Bonchev–Trinajstić information content (AvgIpc) is 3.09. The van der Waals surface area contributed by atoms with Crippen LogP contribution in [0.25, 0.3) is 0 Å². The summed E-state index contributed by atoms with van der Waals surface area (Å²) in [5.41, 5.74) is 0.333. The summed E-state index contributed by atoms with van der Waals surface area (Å²) in [6.07, 6.45) is 5.19. The third kappa shape index (κ3) is 1.21. The number of fused-ring (bicyclic) bond motifs is 5. The van der Waals surface area contributed by atoms with Gasteiger partial charge >= 0.3 is 0 Å². The second-order valence-electron chi connectivity index (χ2n) is 7.17. The van der Waals surface area contributed by atoms with E-state index >= 15 is 0 Å². The van der Waals surface area contributed by atoms with Crippen LogP contribution >= 0.6 is 0 Å². The lowest BCUT2D eigenvalue weighted by Crippen LogP contribution is -2.47. The molecule has 0 aromatic heterocycles. The zero-order chi connectivity index (χ0) is 14.7. The molecule has 2 fully saturated rings.